The summed E-state index contributed by atoms with van der Waals surface area (Å²) in [5.41, 5.74) is 6.61. The van der Waals surface area contributed by atoms with Gasteiger partial charge >= 0.3 is 6.18 Å². The van der Waals surface area contributed by atoms with Gasteiger partial charge in [0, 0.05) is 53.8 Å². The van der Waals surface area contributed by atoms with Gasteiger partial charge in [0.15, 0.2) is 5.65 Å². The highest BCUT2D eigenvalue weighted by atomic mass is 19.4. The minimum absolute atomic E-state index is 0.108. The quantitative estimate of drug-likeness (QED) is 0.356. The molecule has 1 saturated carbocycles. The van der Waals surface area contributed by atoms with Crippen molar-refractivity contribution in [3.63, 3.8) is 0 Å². The highest BCUT2D eigenvalue weighted by molar-refractivity contribution is 5.81. The van der Waals surface area contributed by atoms with Gasteiger partial charge in [-0.05, 0) is 37.5 Å². The minimum atomic E-state index is -4.63. The molecule has 0 bridgehead atoms. The van der Waals surface area contributed by atoms with Crippen molar-refractivity contribution in [2.24, 2.45) is 5.92 Å². The van der Waals surface area contributed by atoms with Gasteiger partial charge in [0.05, 0.1) is 24.1 Å². The summed E-state index contributed by atoms with van der Waals surface area (Å²) in [5.74, 6) is 0.141. The Kier molecular flexibility index (Phi) is 6.17. The number of nitrogens with one attached hydrogen (secondary N) is 1. The highest BCUT2D eigenvalue weighted by Crippen LogP contribution is 2.36. The number of rotatable bonds is 8. The number of halogens is 3. The van der Waals surface area contributed by atoms with Crippen LogP contribution in [0.5, 0.6) is 5.88 Å². The second-order valence-electron chi connectivity index (χ2n) is 8.45. The Labute approximate surface area is 203 Å². The van der Waals surface area contributed by atoms with E-state index in [0.29, 0.717) is 47.9 Å². The van der Waals surface area contributed by atoms with Crippen molar-refractivity contribution in [2.75, 3.05) is 18.9 Å². The summed E-state index contributed by atoms with van der Waals surface area (Å²) in [6.07, 6.45) is 3.95. The maximum absolute atomic E-state index is 13.3. The van der Waals surface area contributed by atoms with Gasteiger partial charge in [0.1, 0.15) is 5.82 Å². The molecule has 1 amide bonds. The molecular formula is C24H22F3N7O2. The number of nitrogens with zero attached hydrogens (tertiary/aromatic N) is 5. The van der Waals surface area contributed by atoms with Gasteiger partial charge in [-0.25, -0.2) is 19.5 Å². The number of alkyl halides is 3. The molecule has 1 fully saturated rings. The number of carbonyl (C=O) groups excluding carboxylic acids is 1. The number of amides is 1. The minimum Gasteiger partial charge on any atom is -0.478 e. The standard InChI is InChI=1S/C24H22F3N7O2/c25-24(26,27)18-10-16(12-31-21(18)28)17-13-32-34-8-6-19(33-22(17)34)15-4-5-20(30-11-15)36-9-1-7-29-23(35)14-2-3-14/h4-6,8,10-14H,1-3,7,9H2,(H2,28,31)(H,29,35). The van der Waals surface area contributed by atoms with E-state index in [1.807, 2.05) is 0 Å². The van der Waals surface area contributed by atoms with Gasteiger partial charge in [-0.15, -0.1) is 0 Å². The first-order valence-electron chi connectivity index (χ1n) is 11.3. The van der Waals surface area contributed by atoms with Crippen LogP contribution in [0.15, 0.2) is 49.1 Å². The lowest BCUT2D eigenvalue weighted by atomic mass is 10.1. The van der Waals surface area contributed by atoms with Crippen LogP contribution in [0.2, 0.25) is 0 Å². The zero-order valence-electron chi connectivity index (χ0n) is 19.0. The van der Waals surface area contributed by atoms with Crippen LogP contribution in [-0.4, -0.2) is 43.6 Å². The van der Waals surface area contributed by atoms with Crippen molar-refractivity contribution in [3.05, 3.63) is 54.6 Å². The first-order valence-corrected chi connectivity index (χ1v) is 11.3. The van der Waals surface area contributed by atoms with Crippen molar-refractivity contribution in [3.8, 4) is 28.3 Å². The number of carbonyl (C=O) groups is 1. The fraction of sp³-hybridized carbons (Fsp3) is 0.292. The summed E-state index contributed by atoms with van der Waals surface area (Å²) in [7, 11) is 0. The molecule has 36 heavy (non-hydrogen) atoms. The summed E-state index contributed by atoms with van der Waals surface area (Å²) in [5, 5.41) is 7.07. The fourth-order valence-electron chi connectivity index (χ4n) is 3.65. The molecule has 0 atom stereocenters. The van der Waals surface area contributed by atoms with Crippen LogP contribution in [0, 0.1) is 5.92 Å². The molecule has 1 aliphatic carbocycles. The van der Waals surface area contributed by atoms with E-state index in [4.69, 9.17) is 10.5 Å². The lowest BCUT2D eigenvalue weighted by Gasteiger charge is -2.10. The fourth-order valence-corrected chi connectivity index (χ4v) is 3.65. The highest BCUT2D eigenvalue weighted by Gasteiger charge is 2.34. The van der Waals surface area contributed by atoms with E-state index in [2.05, 4.69) is 25.4 Å². The summed E-state index contributed by atoms with van der Waals surface area (Å²) >= 11 is 0. The van der Waals surface area contributed by atoms with Crippen LogP contribution < -0.4 is 15.8 Å². The molecule has 0 aromatic carbocycles. The molecule has 0 radical (unpaired) electrons. The Bertz CT molecular complexity index is 1400. The van der Waals surface area contributed by atoms with Crippen molar-refractivity contribution in [1.29, 1.82) is 0 Å². The summed E-state index contributed by atoms with van der Waals surface area (Å²) < 4.78 is 47.0. The second kappa shape index (κ2) is 9.44. The summed E-state index contributed by atoms with van der Waals surface area (Å²) in [6.45, 7) is 0.968. The predicted molar refractivity (Wildman–Crippen MR) is 125 cm³/mol. The molecule has 12 heteroatoms. The molecule has 1 aliphatic rings. The number of ether oxygens (including phenoxy) is 1. The van der Waals surface area contributed by atoms with Gasteiger partial charge < -0.3 is 15.8 Å². The Balaban J connectivity index is 1.29. The summed E-state index contributed by atoms with van der Waals surface area (Å²) in [6, 6.07) is 6.17. The Morgan fingerprint density at radius 1 is 1.14 bits per heavy atom. The normalized spacial score (nSPS) is 13.6. The zero-order chi connectivity index (χ0) is 25.3. The molecule has 0 aliphatic heterocycles. The molecule has 5 rings (SSSR count). The van der Waals surface area contributed by atoms with E-state index in [-0.39, 0.29) is 17.4 Å². The number of aromatic nitrogens is 5. The van der Waals surface area contributed by atoms with Crippen LogP contribution in [0.3, 0.4) is 0 Å². The van der Waals surface area contributed by atoms with E-state index >= 15 is 0 Å². The van der Waals surface area contributed by atoms with Gasteiger partial charge in [-0.1, -0.05) is 0 Å². The van der Waals surface area contributed by atoms with Crippen molar-refractivity contribution < 1.29 is 22.7 Å². The number of hydrogen-bond acceptors (Lipinski definition) is 7. The first kappa shape index (κ1) is 23.5. The van der Waals surface area contributed by atoms with Crippen molar-refractivity contribution in [1.82, 2.24) is 29.9 Å². The average molecular weight is 497 g/mol. The Morgan fingerprint density at radius 2 is 1.94 bits per heavy atom. The van der Waals surface area contributed by atoms with E-state index in [1.165, 1.54) is 16.9 Å². The monoisotopic (exact) mass is 497 g/mol. The largest absolute Gasteiger partial charge is 0.478 e. The molecule has 3 N–H and O–H groups in total. The molecule has 0 spiro atoms. The van der Waals surface area contributed by atoms with Gasteiger partial charge in [0.2, 0.25) is 11.8 Å². The van der Waals surface area contributed by atoms with Gasteiger partial charge in [-0.3, -0.25) is 4.79 Å². The van der Waals surface area contributed by atoms with Gasteiger partial charge in [0.25, 0.3) is 0 Å². The zero-order valence-corrected chi connectivity index (χ0v) is 19.0. The number of pyridine rings is 2. The Morgan fingerprint density at radius 3 is 2.67 bits per heavy atom. The van der Waals surface area contributed by atoms with Crippen LogP contribution in [-0.2, 0) is 11.0 Å². The first-order chi connectivity index (χ1) is 17.3. The third-order valence-corrected chi connectivity index (χ3v) is 5.75. The molecule has 0 unspecified atom stereocenters. The molecule has 186 valence electrons. The maximum atomic E-state index is 13.3. The lowest BCUT2D eigenvalue weighted by molar-refractivity contribution is -0.137. The number of nitrogen functional groups attached to an aromatic ring is 1. The topological polar surface area (TPSA) is 120 Å². The number of nitrogens with two attached hydrogens (primary N) is 1. The summed E-state index contributed by atoms with van der Waals surface area (Å²) in [4.78, 5) is 24.2. The smallest absolute Gasteiger partial charge is 0.419 e. The van der Waals surface area contributed by atoms with Crippen LogP contribution in [0.4, 0.5) is 19.0 Å². The van der Waals surface area contributed by atoms with E-state index in [0.717, 1.165) is 18.9 Å². The van der Waals surface area contributed by atoms with E-state index < -0.39 is 17.6 Å². The van der Waals surface area contributed by atoms with E-state index in [1.54, 1.807) is 30.6 Å². The molecule has 4 aromatic heterocycles. The number of hydrogen-bond donors (Lipinski definition) is 2. The van der Waals surface area contributed by atoms with Crippen molar-refractivity contribution in [2.45, 2.75) is 25.4 Å². The van der Waals surface area contributed by atoms with Crippen LogP contribution in [0.1, 0.15) is 24.8 Å². The predicted octanol–water partition coefficient (Wildman–Crippen LogP) is 3.75. The number of fused-ring (bicyclic) bond motifs is 1. The molecule has 0 saturated heterocycles. The van der Waals surface area contributed by atoms with E-state index in [9.17, 15) is 18.0 Å². The van der Waals surface area contributed by atoms with Gasteiger partial charge in [-0.2, -0.15) is 18.3 Å². The molecule has 4 heterocycles. The third-order valence-electron chi connectivity index (χ3n) is 5.75. The Hall–Kier alpha value is -4.22. The maximum Gasteiger partial charge on any atom is 0.419 e. The average Bonchev–Trinajstić information content (AvgIpc) is 3.63. The molecular weight excluding hydrogens is 475 g/mol. The lowest BCUT2D eigenvalue weighted by Crippen LogP contribution is -2.26. The van der Waals surface area contributed by atoms with Crippen LogP contribution >= 0.6 is 0 Å². The second-order valence-corrected chi connectivity index (χ2v) is 8.45. The molecule has 9 nitrogen and oxygen atoms in total. The molecule has 4 aromatic rings. The SMILES string of the molecule is Nc1ncc(-c2cnn3ccc(-c4ccc(OCCCNC(=O)C5CC5)nc4)nc23)cc1C(F)(F)F. The van der Waals surface area contributed by atoms with Crippen LogP contribution in [0.25, 0.3) is 28.0 Å². The van der Waals surface area contributed by atoms with Crippen molar-refractivity contribution >= 4 is 17.4 Å². The number of anilines is 1. The third kappa shape index (κ3) is 5.07.